The number of carbonyl (C=O) groups excluding carboxylic acids is 1. The smallest absolute Gasteiger partial charge is 0.261 e. The van der Waals surface area contributed by atoms with Crippen molar-refractivity contribution in [3.63, 3.8) is 0 Å². The van der Waals surface area contributed by atoms with Crippen LogP contribution in [0.3, 0.4) is 0 Å². The van der Waals surface area contributed by atoms with Crippen molar-refractivity contribution in [1.29, 1.82) is 0 Å². The molecule has 0 atom stereocenters. The van der Waals surface area contributed by atoms with E-state index < -0.39 is 9.05 Å². The highest BCUT2D eigenvalue weighted by molar-refractivity contribution is 8.13. The highest BCUT2D eigenvalue weighted by atomic mass is 35.7. The van der Waals surface area contributed by atoms with Gasteiger partial charge < -0.3 is 5.32 Å². The van der Waals surface area contributed by atoms with Crippen molar-refractivity contribution >= 4 is 31.3 Å². The first-order valence-corrected chi connectivity index (χ1v) is 8.55. The number of carbonyl (C=O) groups is 1. The van der Waals surface area contributed by atoms with Gasteiger partial charge in [0.25, 0.3) is 9.05 Å². The molecule has 1 aliphatic carbocycles. The van der Waals surface area contributed by atoms with E-state index in [4.69, 9.17) is 10.7 Å². The molecule has 0 radical (unpaired) electrons. The first-order chi connectivity index (χ1) is 8.88. The lowest BCUT2D eigenvalue weighted by Gasteiger charge is -2.11. The third-order valence-corrected chi connectivity index (χ3v) is 4.91. The second-order valence-corrected chi connectivity index (χ2v) is 7.42. The van der Waals surface area contributed by atoms with Crippen molar-refractivity contribution in [1.82, 2.24) is 0 Å². The van der Waals surface area contributed by atoms with Crippen LogP contribution in [-0.2, 0) is 13.8 Å². The largest absolute Gasteiger partial charge is 0.326 e. The molecule has 0 saturated heterocycles. The third kappa shape index (κ3) is 3.48. The number of hydrogen-bond donors (Lipinski definition) is 1. The topological polar surface area (TPSA) is 63.2 Å². The maximum Gasteiger partial charge on any atom is 0.261 e. The summed E-state index contributed by atoms with van der Waals surface area (Å²) in [5.41, 5.74) is 1.14. The first-order valence-electron chi connectivity index (χ1n) is 6.24. The van der Waals surface area contributed by atoms with Crippen molar-refractivity contribution in [3.8, 4) is 0 Å². The summed E-state index contributed by atoms with van der Waals surface area (Å²) in [7, 11) is 1.58. The fourth-order valence-corrected chi connectivity index (χ4v) is 3.63. The van der Waals surface area contributed by atoms with Gasteiger partial charge in [0.05, 0.1) is 4.90 Å². The van der Waals surface area contributed by atoms with Crippen LogP contribution < -0.4 is 5.32 Å². The Morgan fingerprint density at radius 2 is 1.95 bits per heavy atom. The number of aryl methyl sites for hydroxylation is 1. The minimum atomic E-state index is -3.73. The number of anilines is 1. The van der Waals surface area contributed by atoms with Crippen LogP contribution in [-0.4, -0.2) is 14.3 Å². The Bertz CT molecular complexity index is 592. The lowest BCUT2D eigenvalue weighted by molar-refractivity contribution is -0.119. The van der Waals surface area contributed by atoms with Gasteiger partial charge in [0, 0.05) is 22.3 Å². The molecule has 1 aromatic carbocycles. The normalized spacial score (nSPS) is 16.5. The number of amides is 1. The molecule has 1 aliphatic rings. The Labute approximate surface area is 117 Å². The Morgan fingerprint density at radius 1 is 1.32 bits per heavy atom. The molecule has 0 heterocycles. The van der Waals surface area contributed by atoms with E-state index in [-0.39, 0.29) is 16.7 Å². The maximum atomic E-state index is 12.0. The molecule has 1 aromatic rings. The lowest BCUT2D eigenvalue weighted by atomic mass is 10.1. The van der Waals surface area contributed by atoms with Gasteiger partial charge in [-0.3, -0.25) is 4.79 Å². The summed E-state index contributed by atoms with van der Waals surface area (Å²) in [6.07, 6.45) is 4.05. The number of nitrogens with one attached hydrogen (secondary N) is 1. The van der Waals surface area contributed by atoms with Gasteiger partial charge in [-0.25, -0.2) is 8.42 Å². The predicted octanol–water partition coefficient (Wildman–Crippen LogP) is 3.05. The number of rotatable bonds is 3. The van der Waals surface area contributed by atoms with Crippen LogP contribution in [0.15, 0.2) is 23.1 Å². The summed E-state index contributed by atoms with van der Waals surface area (Å²) in [4.78, 5) is 12.0. The van der Waals surface area contributed by atoms with E-state index in [0.29, 0.717) is 11.3 Å². The average molecular weight is 302 g/mol. The summed E-state index contributed by atoms with van der Waals surface area (Å²) in [5, 5.41) is 2.83. The summed E-state index contributed by atoms with van der Waals surface area (Å²) < 4.78 is 22.5. The lowest BCUT2D eigenvalue weighted by Crippen LogP contribution is -2.20. The van der Waals surface area contributed by atoms with E-state index in [1.165, 1.54) is 6.07 Å². The van der Waals surface area contributed by atoms with Gasteiger partial charge in [0.15, 0.2) is 0 Å². The highest BCUT2D eigenvalue weighted by Gasteiger charge is 2.23. The fourth-order valence-electron chi connectivity index (χ4n) is 2.43. The van der Waals surface area contributed by atoms with E-state index in [2.05, 4.69) is 5.32 Å². The summed E-state index contributed by atoms with van der Waals surface area (Å²) >= 11 is 0. The van der Waals surface area contributed by atoms with Crippen molar-refractivity contribution in [3.05, 3.63) is 23.8 Å². The average Bonchev–Trinajstić information content (AvgIpc) is 2.80. The summed E-state index contributed by atoms with van der Waals surface area (Å²) in [6, 6.07) is 4.61. The van der Waals surface area contributed by atoms with Crippen molar-refractivity contribution in [2.75, 3.05) is 5.32 Å². The van der Waals surface area contributed by atoms with Crippen molar-refractivity contribution in [2.24, 2.45) is 5.92 Å². The Morgan fingerprint density at radius 3 is 2.47 bits per heavy atom. The Balaban J connectivity index is 2.14. The SMILES string of the molecule is Cc1cc(NC(=O)C2CCCC2)ccc1S(=O)(=O)Cl. The van der Waals surface area contributed by atoms with Crippen LogP contribution in [0.1, 0.15) is 31.2 Å². The van der Waals surface area contributed by atoms with E-state index in [1.807, 2.05) is 0 Å². The zero-order chi connectivity index (χ0) is 14.0. The third-order valence-electron chi connectivity index (χ3n) is 3.43. The van der Waals surface area contributed by atoms with Gasteiger partial charge in [-0.2, -0.15) is 0 Å². The first kappa shape index (κ1) is 14.3. The van der Waals surface area contributed by atoms with Gasteiger partial charge in [-0.15, -0.1) is 0 Å². The molecule has 1 N–H and O–H groups in total. The van der Waals surface area contributed by atoms with Crippen LogP contribution >= 0.6 is 10.7 Å². The van der Waals surface area contributed by atoms with Gasteiger partial charge in [0.2, 0.25) is 5.91 Å². The molecule has 0 aliphatic heterocycles. The monoisotopic (exact) mass is 301 g/mol. The van der Waals surface area contributed by atoms with Crippen LogP contribution in [0.25, 0.3) is 0 Å². The quantitative estimate of drug-likeness (QED) is 0.873. The molecule has 0 unspecified atom stereocenters. The Kier molecular flexibility index (Phi) is 4.16. The van der Waals surface area contributed by atoms with Crippen molar-refractivity contribution in [2.45, 2.75) is 37.5 Å². The van der Waals surface area contributed by atoms with Crippen LogP contribution in [0.4, 0.5) is 5.69 Å². The Hall–Kier alpha value is -1.07. The molecule has 0 bridgehead atoms. The molecule has 4 nitrogen and oxygen atoms in total. The molecule has 1 fully saturated rings. The van der Waals surface area contributed by atoms with Gasteiger partial charge >= 0.3 is 0 Å². The minimum Gasteiger partial charge on any atom is -0.326 e. The predicted molar refractivity (Wildman–Crippen MR) is 74.8 cm³/mol. The zero-order valence-corrected chi connectivity index (χ0v) is 12.2. The molecule has 0 spiro atoms. The van der Waals surface area contributed by atoms with Crippen LogP contribution in [0.2, 0.25) is 0 Å². The molecule has 6 heteroatoms. The number of benzene rings is 1. The van der Waals surface area contributed by atoms with Gasteiger partial charge in [-0.1, -0.05) is 12.8 Å². The molecule has 1 saturated carbocycles. The standard InChI is InChI=1S/C13H16ClNO3S/c1-9-8-11(6-7-12(9)19(14,17)18)15-13(16)10-4-2-3-5-10/h6-8,10H,2-5H2,1H3,(H,15,16). The molecule has 19 heavy (non-hydrogen) atoms. The van der Waals surface area contributed by atoms with Gasteiger partial charge in [0.1, 0.15) is 0 Å². The fraction of sp³-hybridized carbons (Fsp3) is 0.462. The zero-order valence-electron chi connectivity index (χ0n) is 10.6. The van der Waals surface area contributed by atoms with Crippen molar-refractivity contribution < 1.29 is 13.2 Å². The molecular weight excluding hydrogens is 286 g/mol. The second-order valence-electron chi connectivity index (χ2n) is 4.89. The number of halogens is 1. The van der Waals surface area contributed by atoms with E-state index in [9.17, 15) is 13.2 Å². The molecule has 1 amide bonds. The molecule has 2 rings (SSSR count). The summed E-state index contributed by atoms with van der Waals surface area (Å²) in [6.45, 7) is 1.65. The maximum absolute atomic E-state index is 12.0. The molecule has 104 valence electrons. The minimum absolute atomic E-state index is 0.0124. The number of hydrogen-bond acceptors (Lipinski definition) is 3. The van der Waals surface area contributed by atoms with Gasteiger partial charge in [-0.05, 0) is 43.5 Å². The van der Waals surface area contributed by atoms with Crippen LogP contribution in [0.5, 0.6) is 0 Å². The second kappa shape index (κ2) is 5.51. The molecule has 0 aromatic heterocycles. The summed E-state index contributed by atoms with van der Waals surface area (Å²) in [5.74, 6) is 0.0927. The highest BCUT2D eigenvalue weighted by Crippen LogP contribution is 2.27. The molecular formula is C13H16ClNO3S. The van der Waals surface area contributed by atoms with E-state index >= 15 is 0 Å². The van der Waals surface area contributed by atoms with Crippen LogP contribution in [0, 0.1) is 12.8 Å². The van der Waals surface area contributed by atoms with E-state index in [1.54, 1.807) is 19.1 Å². The van der Waals surface area contributed by atoms with E-state index in [0.717, 1.165) is 25.7 Å².